The van der Waals surface area contributed by atoms with Gasteiger partial charge in [0.05, 0.1) is 0 Å². The molecule has 1 atom stereocenters. The number of anilines is 1. The fraction of sp³-hybridized carbons (Fsp3) is 0.182. The maximum Gasteiger partial charge on any atom is 0.325 e. The first-order chi connectivity index (χ1) is 7.16. The first-order valence-electron chi connectivity index (χ1n) is 4.73. The van der Waals surface area contributed by atoms with E-state index in [1.54, 1.807) is 6.92 Å². The van der Waals surface area contributed by atoms with Crippen molar-refractivity contribution in [2.24, 2.45) is 0 Å². The van der Waals surface area contributed by atoms with Gasteiger partial charge >= 0.3 is 5.97 Å². The van der Waals surface area contributed by atoms with Crippen LogP contribution in [0.3, 0.4) is 0 Å². The Bertz CT molecular complexity index is 490. The lowest BCUT2D eigenvalue weighted by Gasteiger charge is -2.10. The summed E-state index contributed by atoms with van der Waals surface area (Å²) in [5.74, 6) is -0.857. The summed E-state index contributed by atoms with van der Waals surface area (Å²) in [7, 11) is 0. The SMILES string of the molecule is C[C@H](Nc1ccc2[nH]ccc2c1)C(=O)O. The molecule has 0 saturated heterocycles. The fourth-order valence-electron chi connectivity index (χ4n) is 1.45. The Kier molecular flexibility index (Phi) is 2.33. The molecular formula is C11H12N2O2. The van der Waals surface area contributed by atoms with Crippen molar-refractivity contribution in [3.8, 4) is 0 Å². The summed E-state index contributed by atoms with van der Waals surface area (Å²) in [5.41, 5.74) is 1.86. The Morgan fingerprint density at radius 3 is 3.00 bits per heavy atom. The molecule has 0 aliphatic rings. The van der Waals surface area contributed by atoms with E-state index in [1.807, 2.05) is 30.5 Å². The lowest BCUT2D eigenvalue weighted by molar-refractivity contribution is -0.137. The van der Waals surface area contributed by atoms with Crippen LogP contribution >= 0.6 is 0 Å². The van der Waals surface area contributed by atoms with Crippen LogP contribution in [0.15, 0.2) is 30.5 Å². The maximum absolute atomic E-state index is 10.6. The van der Waals surface area contributed by atoms with Crippen LogP contribution in [-0.4, -0.2) is 22.1 Å². The van der Waals surface area contributed by atoms with Crippen molar-refractivity contribution in [3.63, 3.8) is 0 Å². The van der Waals surface area contributed by atoms with Gasteiger partial charge in [0.15, 0.2) is 0 Å². The van der Waals surface area contributed by atoms with Crippen molar-refractivity contribution in [2.75, 3.05) is 5.32 Å². The van der Waals surface area contributed by atoms with Crippen LogP contribution in [0, 0.1) is 0 Å². The summed E-state index contributed by atoms with van der Waals surface area (Å²) in [6.45, 7) is 1.61. The normalized spacial score (nSPS) is 12.6. The highest BCUT2D eigenvalue weighted by molar-refractivity contribution is 5.84. The van der Waals surface area contributed by atoms with Crippen LogP contribution in [0.5, 0.6) is 0 Å². The minimum absolute atomic E-state index is 0.582. The zero-order valence-electron chi connectivity index (χ0n) is 8.32. The third-order valence-electron chi connectivity index (χ3n) is 2.31. The number of nitrogens with one attached hydrogen (secondary N) is 2. The van der Waals surface area contributed by atoms with Crippen molar-refractivity contribution in [2.45, 2.75) is 13.0 Å². The molecule has 0 aliphatic heterocycles. The molecule has 1 heterocycles. The van der Waals surface area contributed by atoms with Gasteiger partial charge in [0.25, 0.3) is 0 Å². The van der Waals surface area contributed by atoms with Gasteiger partial charge in [0.2, 0.25) is 0 Å². The molecule has 4 nitrogen and oxygen atoms in total. The highest BCUT2D eigenvalue weighted by Crippen LogP contribution is 2.18. The van der Waals surface area contributed by atoms with E-state index in [-0.39, 0.29) is 0 Å². The second-order valence-electron chi connectivity index (χ2n) is 3.48. The van der Waals surface area contributed by atoms with Crippen LogP contribution in [0.25, 0.3) is 10.9 Å². The second kappa shape index (κ2) is 3.65. The van der Waals surface area contributed by atoms with Gasteiger partial charge in [-0.3, -0.25) is 4.79 Å². The van der Waals surface area contributed by atoms with Gasteiger partial charge in [-0.2, -0.15) is 0 Å². The van der Waals surface area contributed by atoms with E-state index in [1.165, 1.54) is 0 Å². The van der Waals surface area contributed by atoms with Gasteiger partial charge in [0, 0.05) is 22.8 Å². The summed E-state index contributed by atoms with van der Waals surface area (Å²) >= 11 is 0. The van der Waals surface area contributed by atoms with Crippen molar-refractivity contribution in [1.82, 2.24) is 4.98 Å². The quantitative estimate of drug-likeness (QED) is 0.716. The van der Waals surface area contributed by atoms with Gasteiger partial charge in [-0.25, -0.2) is 0 Å². The monoisotopic (exact) mass is 204 g/mol. The molecule has 0 spiro atoms. The number of carboxylic acid groups (broad SMARTS) is 1. The third kappa shape index (κ3) is 1.93. The number of H-pyrrole nitrogens is 1. The number of carboxylic acids is 1. The molecule has 1 aromatic heterocycles. The molecule has 0 bridgehead atoms. The van der Waals surface area contributed by atoms with E-state index in [9.17, 15) is 4.79 Å². The summed E-state index contributed by atoms with van der Waals surface area (Å²) in [6.07, 6.45) is 1.86. The van der Waals surface area contributed by atoms with Crippen molar-refractivity contribution < 1.29 is 9.90 Å². The highest BCUT2D eigenvalue weighted by atomic mass is 16.4. The first kappa shape index (κ1) is 9.58. The van der Waals surface area contributed by atoms with Crippen LogP contribution in [-0.2, 0) is 4.79 Å². The molecular weight excluding hydrogens is 192 g/mol. The molecule has 0 radical (unpaired) electrons. The number of aromatic amines is 1. The lowest BCUT2D eigenvalue weighted by atomic mass is 10.2. The summed E-state index contributed by atoms with van der Waals surface area (Å²) in [4.78, 5) is 13.7. The number of fused-ring (bicyclic) bond motifs is 1. The number of aliphatic carboxylic acids is 1. The van der Waals surface area contributed by atoms with Gasteiger partial charge < -0.3 is 15.4 Å². The van der Waals surface area contributed by atoms with E-state index in [2.05, 4.69) is 10.3 Å². The van der Waals surface area contributed by atoms with Gasteiger partial charge in [-0.05, 0) is 31.2 Å². The van der Waals surface area contributed by atoms with Gasteiger partial charge in [-0.15, -0.1) is 0 Å². The molecule has 0 amide bonds. The van der Waals surface area contributed by atoms with Crippen LogP contribution in [0.4, 0.5) is 5.69 Å². The molecule has 2 rings (SSSR count). The summed E-state index contributed by atoms with van der Waals surface area (Å²) < 4.78 is 0. The number of carbonyl (C=O) groups is 1. The minimum Gasteiger partial charge on any atom is -0.480 e. The average molecular weight is 204 g/mol. The molecule has 15 heavy (non-hydrogen) atoms. The number of hydrogen-bond acceptors (Lipinski definition) is 2. The van der Waals surface area contributed by atoms with Crippen molar-refractivity contribution in [1.29, 1.82) is 0 Å². The van der Waals surface area contributed by atoms with Gasteiger partial charge in [0.1, 0.15) is 6.04 Å². The topological polar surface area (TPSA) is 65.1 Å². The lowest BCUT2D eigenvalue weighted by Crippen LogP contribution is -2.25. The molecule has 0 saturated carbocycles. The van der Waals surface area contributed by atoms with E-state index in [0.29, 0.717) is 0 Å². The predicted octanol–water partition coefficient (Wildman–Crippen LogP) is 2.05. The number of aromatic nitrogens is 1. The predicted molar refractivity (Wildman–Crippen MR) is 59.0 cm³/mol. The Labute approximate surface area is 86.9 Å². The Balaban J connectivity index is 2.24. The van der Waals surface area contributed by atoms with E-state index < -0.39 is 12.0 Å². The largest absolute Gasteiger partial charge is 0.480 e. The number of benzene rings is 1. The minimum atomic E-state index is -0.857. The van der Waals surface area contributed by atoms with E-state index >= 15 is 0 Å². The zero-order valence-corrected chi connectivity index (χ0v) is 8.32. The molecule has 4 heteroatoms. The van der Waals surface area contributed by atoms with Crippen LogP contribution in [0.2, 0.25) is 0 Å². The fourth-order valence-corrected chi connectivity index (χ4v) is 1.45. The van der Waals surface area contributed by atoms with Gasteiger partial charge in [-0.1, -0.05) is 0 Å². The zero-order chi connectivity index (χ0) is 10.8. The molecule has 78 valence electrons. The van der Waals surface area contributed by atoms with Crippen LogP contribution < -0.4 is 5.32 Å². The second-order valence-corrected chi connectivity index (χ2v) is 3.48. The highest BCUT2D eigenvalue weighted by Gasteiger charge is 2.09. The number of rotatable bonds is 3. The molecule has 2 aromatic rings. The first-order valence-corrected chi connectivity index (χ1v) is 4.73. The average Bonchev–Trinajstić information content (AvgIpc) is 2.64. The van der Waals surface area contributed by atoms with Crippen LogP contribution in [0.1, 0.15) is 6.92 Å². The standard InChI is InChI=1S/C11H12N2O2/c1-7(11(14)15)13-9-2-3-10-8(6-9)4-5-12-10/h2-7,12-13H,1H3,(H,14,15)/t7-/m0/s1. The third-order valence-corrected chi connectivity index (χ3v) is 2.31. The summed E-state index contributed by atoms with van der Waals surface area (Å²) in [6, 6.07) is 7.07. The summed E-state index contributed by atoms with van der Waals surface area (Å²) in [5, 5.41) is 12.7. The molecule has 3 N–H and O–H groups in total. The Morgan fingerprint density at radius 1 is 1.47 bits per heavy atom. The molecule has 0 fully saturated rings. The molecule has 1 aromatic carbocycles. The van der Waals surface area contributed by atoms with Crippen molar-refractivity contribution >= 4 is 22.6 Å². The maximum atomic E-state index is 10.6. The Hall–Kier alpha value is -1.97. The Morgan fingerprint density at radius 2 is 2.27 bits per heavy atom. The van der Waals surface area contributed by atoms with E-state index in [0.717, 1.165) is 16.6 Å². The van der Waals surface area contributed by atoms with E-state index in [4.69, 9.17) is 5.11 Å². The number of hydrogen-bond donors (Lipinski definition) is 3. The smallest absolute Gasteiger partial charge is 0.325 e. The molecule has 0 aliphatic carbocycles. The van der Waals surface area contributed by atoms with Crippen molar-refractivity contribution in [3.05, 3.63) is 30.5 Å². The molecule has 0 unspecified atom stereocenters.